The van der Waals surface area contributed by atoms with E-state index in [1.54, 1.807) is 32.0 Å². The SMILES string of the molecule is CC1(C)N=C(Cc2c(Cl)cccc2Cl)NC1=O. The summed E-state index contributed by atoms with van der Waals surface area (Å²) in [5.41, 5.74) is 0.0795. The van der Waals surface area contributed by atoms with Crippen molar-refractivity contribution < 1.29 is 4.79 Å². The number of hydrogen-bond donors (Lipinski definition) is 1. The molecule has 0 bridgehead atoms. The number of nitrogens with one attached hydrogen (secondary N) is 1. The molecule has 1 heterocycles. The zero-order chi connectivity index (χ0) is 12.6. The van der Waals surface area contributed by atoms with Crippen molar-refractivity contribution in [2.24, 2.45) is 4.99 Å². The first kappa shape index (κ1) is 12.4. The number of aliphatic imine (C=N–C) groups is 1. The lowest BCUT2D eigenvalue weighted by atomic mass is 10.1. The van der Waals surface area contributed by atoms with Crippen LogP contribution in [0.2, 0.25) is 10.0 Å². The number of amidine groups is 1. The van der Waals surface area contributed by atoms with Crippen LogP contribution in [0.15, 0.2) is 23.2 Å². The first-order valence-electron chi connectivity index (χ1n) is 5.23. The standard InChI is InChI=1S/C12H12Cl2N2O/c1-12(2)11(17)15-10(16-12)6-7-8(13)4-3-5-9(7)14/h3-5H,6H2,1-2H3,(H,15,16,17). The lowest BCUT2D eigenvalue weighted by Gasteiger charge is -2.07. The van der Waals surface area contributed by atoms with Gasteiger partial charge in [0.2, 0.25) is 0 Å². The summed E-state index contributed by atoms with van der Waals surface area (Å²) in [5.74, 6) is 0.505. The molecule has 0 aromatic heterocycles. The number of carbonyl (C=O) groups is 1. The summed E-state index contributed by atoms with van der Waals surface area (Å²) < 4.78 is 0. The van der Waals surface area contributed by atoms with E-state index in [9.17, 15) is 4.79 Å². The van der Waals surface area contributed by atoms with Crippen LogP contribution in [0.1, 0.15) is 19.4 Å². The third-order valence-electron chi connectivity index (χ3n) is 2.63. The average molecular weight is 271 g/mol. The quantitative estimate of drug-likeness (QED) is 0.882. The second-order valence-electron chi connectivity index (χ2n) is 4.45. The van der Waals surface area contributed by atoms with Gasteiger partial charge in [0.15, 0.2) is 0 Å². The highest BCUT2D eigenvalue weighted by Gasteiger charge is 2.34. The molecule has 0 fully saturated rings. The average Bonchev–Trinajstić information content (AvgIpc) is 2.47. The van der Waals surface area contributed by atoms with E-state index in [4.69, 9.17) is 23.2 Å². The Morgan fingerprint density at radius 3 is 2.35 bits per heavy atom. The highest BCUT2D eigenvalue weighted by atomic mass is 35.5. The number of halogens is 2. The number of amides is 1. The number of benzene rings is 1. The first-order valence-corrected chi connectivity index (χ1v) is 5.99. The molecule has 0 atom stereocenters. The topological polar surface area (TPSA) is 41.5 Å². The molecule has 1 aromatic rings. The van der Waals surface area contributed by atoms with Crippen molar-refractivity contribution in [1.29, 1.82) is 0 Å². The third-order valence-corrected chi connectivity index (χ3v) is 3.34. The minimum Gasteiger partial charge on any atom is -0.312 e. The van der Waals surface area contributed by atoms with Gasteiger partial charge in [-0.25, -0.2) is 0 Å². The monoisotopic (exact) mass is 270 g/mol. The van der Waals surface area contributed by atoms with E-state index in [1.165, 1.54) is 0 Å². The molecular formula is C12H12Cl2N2O. The highest BCUT2D eigenvalue weighted by molar-refractivity contribution is 6.36. The Labute approximate surface area is 110 Å². The van der Waals surface area contributed by atoms with E-state index in [-0.39, 0.29) is 5.91 Å². The smallest absolute Gasteiger partial charge is 0.252 e. The molecule has 0 unspecified atom stereocenters. The van der Waals surface area contributed by atoms with Gasteiger partial charge < -0.3 is 5.32 Å². The summed E-state index contributed by atoms with van der Waals surface area (Å²) in [7, 11) is 0. The fourth-order valence-corrected chi connectivity index (χ4v) is 2.18. The molecular weight excluding hydrogens is 259 g/mol. The molecule has 5 heteroatoms. The van der Waals surface area contributed by atoms with E-state index >= 15 is 0 Å². The fourth-order valence-electron chi connectivity index (χ4n) is 1.65. The molecule has 3 nitrogen and oxygen atoms in total. The molecule has 0 radical (unpaired) electrons. The van der Waals surface area contributed by atoms with Gasteiger partial charge in [0.1, 0.15) is 11.4 Å². The van der Waals surface area contributed by atoms with E-state index in [2.05, 4.69) is 10.3 Å². The molecule has 0 saturated heterocycles. The van der Waals surface area contributed by atoms with Crippen LogP contribution in [0, 0.1) is 0 Å². The van der Waals surface area contributed by atoms with Crippen LogP contribution in [0.4, 0.5) is 0 Å². The molecule has 1 aliphatic rings. The van der Waals surface area contributed by atoms with Gasteiger partial charge in [0, 0.05) is 16.5 Å². The second-order valence-corrected chi connectivity index (χ2v) is 5.26. The second kappa shape index (κ2) is 4.31. The summed E-state index contributed by atoms with van der Waals surface area (Å²) in [4.78, 5) is 15.9. The van der Waals surface area contributed by atoms with Crippen LogP contribution in [-0.4, -0.2) is 17.3 Å². The number of nitrogens with zero attached hydrogens (tertiary/aromatic N) is 1. The van der Waals surface area contributed by atoms with Gasteiger partial charge in [-0.05, 0) is 31.5 Å². The summed E-state index contributed by atoms with van der Waals surface area (Å²) >= 11 is 12.1. The summed E-state index contributed by atoms with van der Waals surface area (Å²) in [6.45, 7) is 3.53. The first-order chi connectivity index (χ1) is 7.90. The summed E-state index contributed by atoms with van der Waals surface area (Å²) in [6, 6.07) is 5.32. The van der Waals surface area contributed by atoms with Crippen molar-refractivity contribution in [3.8, 4) is 0 Å². The van der Waals surface area contributed by atoms with Crippen molar-refractivity contribution >= 4 is 34.9 Å². The molecule has 1 aliphatic heterocycles. The number of carbonyl (C=O) groups excluding carboxylic acids is 1. The van der Waals surface area contributed by atoms with Gasteiger partial charge in [-0.3, -0.25) is 9.79 Å². The third kappa shape index (κ3) is 2.45. The predicted octanol–water partition coefficient (Wildman–Crippen LogP) is 2.84. The van der Waals surface area contributed by atoms with Crippen LogP contribution >= 0.6 is 23.2 Å². The van der Waals surface area contributed by atoms with Crippen LogP contribution < -0.4 is 5.32 Å². The van der Waals surface area contributed by atoms with Gasteiger partial charge in [0.25, 0.3) is 5.91 Å². The number of hydrogen-bond acceptors (Lipinski definition) is 2. The molecule has 1 amide bonds. The van der Waals surface area contributed by atoms with Crippen LogP contribution in [0.5, 0.6) is 0 Å². The van der Waals surface area contributed by atoms with Gasteiger partial charge in [-0.1, -0.05) is 29.3 Å². The number of rotatable bonds is 2. The molecule has 1 N–H and O–H groups in total. The maximum atomic E-state index is 11.6. The van der Waals surface area contributed by atoms with Gasteiger partial charge in [0.05, 0.1) is 0 Å². The molecule has 0 saturated carbocycles. The highest BCUT2D eigenvalue weighted by Crippen LogP contribution is 2.26. The molecule has 17 heavy (non-hydrogen) atoms. The van der Waals surface area contributed by atoms with E-state index in [1.807, 2.05) is 0 Å². The molecule has 90 valence electrons. The van der Waals surface area contributed by atoms with E-state index in [0.717, 1.165) is 5.56 Å². The van der Waals surface area contributed by atoms with Crippen LogP contribution in [0.25, 0.3) is 0 Å². The Bertz CT molecular complexity index is 489. The Balaban J connectivity index is 2.27. The molecule has 0 spiro atoms. The maximum absolute atomic E-state index is 11.6. The van der Waals surface area contributed by atoms with E-state index < -0.39 is 5.54 Å². The summed E-state index contributed by atoms with van der Waals surface area (Å²) in [6.07, 6.45) is 0.438. The van der Waals surface area contributed by atoms with Crippen LogP contribution in [0.3, 0.4) is 0 Å². The largest absolute Gasteiger partial charge is 0.312 e. The lowest BCUT2D eigenvalue weighted by molar-refractivity contribution is -0.122. The van der Waals surface area contributed by atoms with Crippen molar-refractivity contribution in [2.75, 3.05) is 0 Å². The fraction of sp³-hybridized carbons (Fsp3) is 0.333. The minimum absolute atomic E-state index is 0.101. The Morgan fingerprint density at radius 1 is 1.29 bits per heavy atom. The molecule has 0 aliphatic carbocycles. The zero-order valence-corrected chi connectivity index (χ0v) is 11.1. The minimum atomic E-state index is -0.705. The Kier molecular flexibility index (Phi) is 3.15. The van der Waals surface area contributed by atoms with Gasteiger partial charge in [-0.2, -0.15) is 0 Å². The van der Waals surface area contributed by atoms with Gasteiger partial charge in [-0.15, -0.1) is 0 Å². The Hall–Kier alpha value is -1.06. The summed E-state index contributed by atoms with van der Waals surface area (Å²) in [5, 5.41) is 3.91. The molecule has 2 rings (SSSR count). The molecule has 1 aromatic carbocycles. The normalized spacial score (nSPS) is 17.9. The predicted molar refractivity (Wildman–Crippen MR) is 69.8 cm³/mol. The van der Waals surface area contributed by atoms with Crippen molar-refractivity contribution in [3.63, 3.8) is 0 Å². The maximum Gasteiger partial charge on any atom is 0.252 e. The van der Waals surface area contributed by atoms with Crippen molar-refractivity contribution in [2.45, 2.75) is 25.8 Å². The zero-order valence-electron chi connectivity index (χ0n) is 9.55. The van der Waals surface area contributed by atoms with Gasteiger partial charge >= 0.3 is 0 Å². The van der Waals surface area contributed by atoms with E-state index in [0.29, 0.717) is 22.3 Å². The van der Waals surface area contributed by atoms with Crippen LogP contribution in [-0.2, 0) is 11.2 Å². The van der Waals surface area contributed by atoms with Crippen molar-refractivity contribution in [3.05, 3.63) is 33.8 Å². The lowest BCUT2D eigenvalue weighted by Crippen LogP contribution is -2.34. The Morgan fingerprint density at radius 2 is 1.88 bits per heavy atom. The van der Waals surface area contributed by atoms with Crippen molar-refractivity contribution in [1.82, 2.24) is 5.32 Å².